The molecule has 2 nitrogen and oxygen atoms in total. The molecule has 1 atom stereocenters. The SMILES string of the molecule is CCc1cncc2cc(CC3CCCCN3)ccc12. The van der Waals surface area contributed by atoms with Gasteiger partial charge in [-0.25, -0.2) is 0 Å². The Balaban J connectivity index is 1.85. The molecule has 3 rings (SSSR count). The number of nitrogens with one attached hydrogen (secondary N) is 1. The summed E-state index contributed by atoms with van der Waals surface area (Å²) in [6.07, 6.45) is 10.2. The highest BCUT2D eigenvalue weighted by Gasteiger charge is 2.13. The second kappa shape index (κ2) is 5.70. The molecule has 1 fully saturated rings. The van der Waals surface area contributed by atoms with E-state index in [-0.39, 0.29) is 0 Å². The van der Waals surface area contributed by atoms with E-state index < -0.39 is 0 Å². The highest BCUT2D eigenvalue weighted by atomic mass is 14.9. The molecule has 2 aromatic rings. The van der Waals surface area contributed by atoms with Crippen LogP contribution in [-0.2, 0) is 12.8 Å². The third-order valence-corrected chi connectivity index (χ3v) is 4.18. The van der Waals surface area contributed by atoms with Crippen LogP contribution in [0.15, 0.2) is 30.6 Å². The van der Waals surface area contributed by atoms with Crippen LogP contribution in [0.3, 0.4) is 0 Å². The minimum atomic E-state index is 0.661. The Bertz CT molecular complexity index is 556. The Labute approximate surface area is 115 Å². The number of nitrogens with zero attached hydrogens (tertiary/aromatic N) is 1. The van der Waals surface area contributed by atoms with Gasteiger partial charge in [0.1, 0.15) is 0 Å². The van der Waals surface area contributed by atoms with Gasteiger partial charge in [0.25, 0.3) is 0 Å². The molecule has 1 aliphatic heterocycles. The zero-order valence-corrected chi connectivity index (χ0v) is 11.7. The van der Waals surface area contributed by atoms with Crippen molar-refractivity contribution >= 4 is 10.8 Å². The zero-order chi connectivity index (χ0) is 13.1. The second-order valence-electron chi connectivity index (χ2n) is 5.56. The minimum Gasteiger partial charge on any atom is -0.314 e. The lowest BCUT2D eigenvalue weighted by atomic mass is 9.96. The van der Waals surface area contributed by atoms with E-state index in [2.05, 4.69) is 35.4 Å². The van der Waals surface area contributed by atoms with Crippen molar-refractivity contribution < 1.29 is 0 Å². The molecule has 2 heteroatoms. The summed E-state index contributed by atoms with van der Waals surface area (Å²) in [5, 5.41) is 6.27. The molecule has 100 valence electrons. The fraction of sp³-hybridized carbons (Fsp3) is 0.471. The van der Waals surface area contributed by atoms with Gasteiger partial charge in [-0.15, -0.1) is 0 Å². The fourth-order valence-electron chi connectivity index (χ4n) is 3.08. The van der Waals surface area contributed by atoms with E-state index in [1.165, 1.54) is 47.7 Å². The number of hydrogen-bond donors (Lipinski definition) is 1. The van der Waals surface area contributed by atoms with Crippen molar-refractivity contribution in [2.45, 2.75) is 45.1 Å². The first-order valence-electron chi connectivity index (χ1n) is 7.45. The summed E-state index contributed by atoms with van der Waals surface area (Å²) < 4.78 is 0. The second-order valence-corrected chi connectivity index (χ2v) is 5.56. The lowest BCUT2D eigenvalue weighted by Crippen LogP contribution is -2.35. The van der Waals surface area contributed by atoms with Crippen molar-refractivity contribution in [3.8, 4) is 0 Å². The summed E-state index contributed by atoms with van der Waals surface area (Å²) in [6.45, 7) is 3.37. The molecular weight excluding hydrogens is 232 g/mol. The molecule has 1 unspecified atom stereocenters. The number of pyridine rings is 1. The highest BCUT2D eigenvalue weighted by Crippen LogP contribution is 2.21. The van der Waals surface area contributed by atoms with Crippen LogP contribution in [0, 0.1) is 0 Å². The quantitative estimate of drug-likeness (QED) is 0.907. The van der Waals surface area contributed by atoms with Crippen LogP contribution in [0.4, 0.5) is 0 Å². The molecule has 0 amide bonds. The molecule has 1 saturated heterocycles. The maximum absolute atomic E-state index is 4.36. The highest BCUT2D eigenvalue weighted by molar-refractivity contribution is 5.85. The van der Waals surface area contributed by atoms with E-state index in [9.17, 15) is 0 Å². The largest absolute Gasteiger partial charge is 0.314 e. The molecule has 2 heterocycles. The summed E-state index contributed by atoms with van der Waals surface area (Å²) in [5.41, 5.74) is 2.78. The van der Waals surface area contributed by atoms with Crippen molar-refractivity contribution in [2.24, 2.45) is 0 Å². The van der Waals surface area contributed by atoms with Crippen LogP contribution in [0.25, 0.3) is 10.8 Å². The summed E-state index contributed by atoms with van der Waals surface area (Å²) in [4.78, 5) is 4.36. The molecule has 1 aliphatic rings. The number of rotatable bonds is 3. The van der Waals surface area contributed by atoms with Gasteiger partial charge in [-0.1, -0.05) is 25.5 Å². The Morgan fingerprint density at radius 3 is 3.00 bits per heavy atom. The first-order chi connectivity index (χ1) is 9.36. The van der Waals surface area contributed by atoms with Crippen molar-refractivity contribution in [3.05, 3.63) is 41.7 Å². The van der Waals surface area contributed by atoms with E-state index >= 15 is 0 Å². The smallest absolute Gasteiger partial charge is 0.0346 e. The van der Waals surface area contributed by atoms with Crippen LogP contribution < -0.4 is 5.32 Å². The van der Waals surface area contributed by atoms with Crippen molar-refractivity contribution in [1.82, 2.24) is 10.3 Å². The van der Waals surface area contributed by atoms with Gasteiger partial charge in [-0.05, 0) is 54.8 Å². The van der Waals surface area contributed by atoms with E-state index in [4.69, 9.17) is 0 Å². The van der Waals surface area contributed by atoms with Crippen LogP contribution >= 0.6 is 0 Å². The third-order valence-electron chi connectivity index (χ3n) is 4.18. The number of hydrogen-bond acceptors (Lipinski definition) is 2. The van der Waals surface area contributed by atoms with E-state index in [0.29, 0.717) is 6.04 Å². The van der Waals surface area contributed by atoms with Crippen molar-refractivity contribution in [2.75, 3.05) is 6.54 Å². The Morgan fingerprint density at radius 1 is 1.26 bits per heavy atom. The topological polar surface area (TPSA) is 24.9 Å². The molecule has 0 bridgehead atoms. The van der Waals surface area contributed by atoms with Crippen molar-refractivity contribution in [1.29, 1.82) is 0 Å². The van der Waals surface area contributed by atoms with Crippen LogP contribution in [-0.4, -0.2) is 17.6 Å². The first-order valence-corrected chi connectivity index (χ1v) is 7.45. The number of fused-ring (bicyclic) bond motifs is 1. The van der Waals surface area contributed by atoms with Gasteiger partial charge in [0.15, 0.2) is 0 Å². The normalized spacial score (nSPS) is 19.7. The van der Waals surface area contributed by atoms with Crippen LogP contribution in [0.1, 0.15) is 37.3 Å². The number of benzene rings is 1. The third kappa shape index (κ3) is 2.79. The zero-order valence-electron chi connectivity index (χ0n) is 11.7. The summed E-state index contributed by atoms with van der Waals surface area (Å²) in [6, 6.07) is 7.54. The van der Waals surface area contributed by atoms with Gasteiger partial charge in [0, 0.05) is 23.8 Å². The lowest BCUT2D eigenvalue weighted by molar-refractivity contribution is 0.399. The molecule has 1 aromatic heterocycles. The van der Waals surface area contributed by atoms with Crippen molar-refractivity contribution in [3.63, 3.8) is 0 Å². The van der Waals surface area contributed by atoms with Crippen LogP contribution in [0.2, 0.25) is 0 Å². The minimum absolute atomic E-state index is 0.661. The summed E-state index contributed by atoms with van der Waals surface area (Å²) in [7, 11) is 0. The maximum atomic E-state index is 4.36. The van der Waals surface area contributed by atoms with Gasteiger partial charge < -0.3 is 5.32 Å². The number of aryl methyl sites for hydroxylation is 1. The van der Waals surface area contributed by atoms with Gasteiger partial charge >= 0.3 is 0 Å². The molecular formula is C17H22N2. The molecule has 1 aromatic carbocycles. The molecule has 0 saturated carbocycles. The van der Waals surface area contributed by atoms with Gasteiger partial charge in [-0.2, -0.15) is 0 Å². The monoisotopic (exact) mass is 254 g/mol. The lowest BCUT2D eigenvalue weighted by Gasteiger charge is -2.23. The molecule has 1 N–H and O–H groups in total. The molecule has 0 aliphatic carbocycles. The van der Waals surface area contributed by atoms with Gasteiger partial charge in [0.05, 0.1) is 0 Å². The Hall–Kier alpha value is -1.41. The van der Waals surface area contributed by atoms with E-state index in [1.54, 1.807) is 0 Å². The first kappa shape index (κ1) is 12.6. The summed E-state index contributed by atoms with van der Waals surface area (Å²) in [5.74, 6) is 0. The summed E-state index contributed by atoms with van der Waals surface area (Å²) >= 11 is 0. The molecule has 0 radical (unpaired) electrons. The molecule has 0 spiro atoms. The van der Waals surface area contributed by atoms with Gasteiger partial charge in [0.2, 0.25) is 0 Å². The molecule has 19 heavy (non-hydrogen) atoms. The standard InChI is InChI=1S/C17H22N2/c1-2-14-11-18-12-15-9-13(6-7-17(14)15)10-16-5-3-4-8-19-16/h6-7,9,11-12,16,19H,2-5,8,10H2,1H3. The predicted molar refractivity (Wildman–Crippen MR) is 80.5 cm³/mol. The average Bonchev–Trinajstić information content (AvgIpc) is 2.47. The van der Waals surface area contributed by atoms with E-state index in [0.717, 1.165) is 12.8 Å². The van der Waals surface area contributed by atoms with E-state index in [1.807, 2.05) is 12.4 Å². The number of piperidine rings is 1. The maximum Gasteiger partial charge on any atom is 0.0346 e. The average molecular weight is 254 g/mol. The fourth-order valence-corrected chi connectivity index (χ4v) is 3.08. The Kier molecular flexibility index (Phi) is 3.79. The Morgan fingerprint density at radius 2 is 2.21 bits per heavy atom. The predicted octanol–water partition coefficient (Wildman–Crippen LogP) is 3.48. The van der Waals surface area contributed by atoms with Crippen LogP contribution in [0.5, 0.6) is 0 Å². The number of aromatic nitrogens is 1. The van der Waals surface area contributed by atoms with Gasteiger partial charge in [-0.3, -0.25) is 4.98 Å².